The summed E-state index contributed by atoms with van der Waals surface area (Å²) < 4.78 is 11.3. The summed E-state index contributed by atoms with van der Waals surface area (Å²) in [5.41, 5.74) is 2.98. The number of carbonyl (C=O) groups excluding carboxylic acids is 2. The Morgan fingerprint density at radius 1 is 1.03 bits per heavy atom. The summed E-state index contributed by atoms with van der Waals surface area (Å²) in [6.07, 6.45) is -0.406. The average Bonchev–Trinajstić information content (AvgIpc) is 3.23. The second-order valence-corrected chi connectivity index (χ2v) is 8.07. The molecule has 7 nitrogen and oxygen atoms in total. The van der Waals surface area contributed by atoms with Gasteiger partial charge in [0.25, 0.3) is 5.91 Å². The first-order valence-corrected chi connectivity index (χ1v) is 11.4. The molecule has 0 saturated carbocycles. The number of ether oxygens (including phenoxy) is 2. The van der Waals surface area contributed by atoms with E-state index in [1.54, 1.807) is 24.3 Å². The van der Waals surface area contributed by atoms with Crippen molar-refractivity contribution in [1.29, 1.82) is 0 Å². The molecule has 176 valence electrons. The van der Waals surface area contributed by atoms with Gasteiger partial charge >= 0.3 is 6.09 Å². The molecule has 1 aliphatic rings. The second kappa shape index (κ2) is 10.9. The van der Waals surface area contributed by atoms with Crippen LogP contribution in [0.2, 0.25) is 0 Å². The van der Waals surface area contributed by atoms with Crippen LogP contribution in [0.4, 0.5) is 10.5 Å². The molecule has 0 bridgehead atoms. The fraction of sp³-hybridized carbons (Fsp3) is 0.259. The number of hydrogen-bond donors (Lipinski definition) is 2. The molecule has 0 aliphatic carbocycles. The zero-order chi connectivity index (χ0) is 23.9. The van der Waals surface area contributed by atoms with Crippen LogP contribution in [-0.4, -0.2) is 36.4 Å². The van der Waals surface area contributed by atoms with Crippen LogP contribution >= 0.6 is 0 Å². The third-order valence-electron chi connectivity index (χ3n) is 5.67. The quantitative estimate of drug-likeness (QED) is 0.492. The highest BCUT2D eigenvalue weighted by Crippen LogP contribution is 2.38. The molecule has 2 atom stereocenters. The van der Waals surface area contributed by atoms with Crippen LogP contribution in [-0.2, 0) is 11.3 Å². The van der Waals surface area contributed by atoms with Gasteiger partial charge in [-0.25, -0.2) is 4.79 Å². The Labute approximate surface area is 198 Å². The van der Waals surface area contributed by atoms with Crippen LogP contribution in [0.15, 0.2) is 78.9 Å². The van der Waals surface area contributed by atoms with Crippen molar-refractivity contribution in [3.8, 4) is 5.75 Å². The van der Waals surface area contributed by atoms with Gasteiger partial charge < -0.3 is 19.9 Å². The smallest absolute Gasteiger partial charge is 0.415 e. The monoisotopic (exact) mass is 460 g/mol. The number of nitrogens with zero attached hydrogens (tertiary/aromatic N) is 1. The van der Waals surface area contributed by atoms with Gasteiger partial charge in [-0.3, -0.25) is 9.69 Å². The normalized spacial score (nSPS) is 17.4. The molecule has 1 fully saturated rings. The van der Waals surface area contributed by atoms with Gasteiger partial charge in [0, 0.05) is 17.8 Å². The summed E-state index contributed by atoms with van der Waals surface area (Å²) in [5, 5.41) is 12.7. The summed E-state index contributed by atoms with van der Waals surface area (Å²) in [5.74, 6) is 0.542. The highest BCUT2D eigenvalue weighted by atomic mass is 16.6. The minimum Gasteiger partial charge on any atom is -0.489 e. The fourth-order valence-electron chi connectivity index (χ4n) is 3.91. The number of aliphatic hydroxyl groups excluding tert-OH is 1. The number of amides is 2. The van der Waals surface area contributed by atoms with E-state index in [-0.39, 0.29) is 12.5 Å². The number of benzene rings is 3. The molecule has 2 unspecified atom stereocenters. The zero-order valence-corrected chi connectivity index (χ0v) is 19.0. The Kier molecular flexibility index (Phi) is 7.44. The lowest BCUT2D eigenvalue weighted by atomic mass is 10.00. The minimum absolute atomic E-state index is 0.159. The maximum Gasteiger partial charge on any atom is 0.415 e. The van der Waals surface area contributed by atoms with Crippen molar-refractivity contribution in [3.63, 3.8) is 0 Å². The van der Waals surface area contributed by atoms with E-state index < -0.39 is 18.2 Å². The number of carbonyl (C=O) groups is 2. The number of cyclic esters (lactones) is 1. The first-order chi connectivity index (χ1) is 16.6. The van der Waals surface area contributed by atoms with Gasteiger partial charge in [0.15, 0.2) is 6.10 Å². The molecule has 3 aromatic rings. The summed E-state index contributed by atoms with van der Waals surface area (Å²) in [4.78, 5) is 26.4. The van der Waals surface area contributed by atoms with Gasteiger partial charge in [-0.15, -0.1) is 0 Å². The van der Waals surface area contributed by atoms with E-state index in [0.717, 1.165) is 17.5 Å². The van der Waals surface area contributed by atoms with Crippen LogP contribution in [0.1, 0.15) is 40.9 Å². The molecule has 34 heavy (non-hydrogen) atoms. The van der Waals surface area contributed by atoms with Crippen LogP contribution in [0, 0.1) is 0 Å². The summed E-state index contributed by atoms with van der Waals surface area (Å²) in [6.45, 7) is 2.73. The lowest BCUT2D eigenvalue weighted by Gasteiger charge is -2.25. The highest BCUT2D eigenvalue weighted by Gasteiger charge is 2.43. The summed E-state index contributed by atoms with van der Waals surface area (Å²) in [7, 11) is 0. The molecule has 4 rings (SSSR count). The van der Waals surface area contributed by atoms with E-state index in [1.165, 1.54) is 4.90 Å². The van der Waals surface area contributed by atoms with E-state index in [2.05, 4.69) is 5.32 Å². The molecule has 0 spiro atoms. The zero-order valence-electron chi connectivity index (χ0n) is 19.0. The lowest BCUT2D eigenvalue weighted by Crippen LogP contribution is -2.30. The van der Waals surface area contributed by atoms with Gasteiger partial charge in [0.2, 0.25) is 0 Å². The molecular weight excluding hydrogens is 432 g/mol. The number of hydrogen-bond acceptors (Lipinski definition) is 5. The van der Waals surface area contributed by atoms with Gasteiger partial charge in [0.05, 0.1) is 6.61 Å². The second-order valence-electron chi connectivity index (χ2n) is 8.07. The van der Waals surface area contributed by atoms with Gasteiger partial charge in [-0.2, -0.15) is 0 Å². The van der Waals surface area contributed by atoms with Crippen molar-refractivity contribution >= 4 is 17.7 Å². The summed E-state index contributed by atoms with van der Waals surface area (Å²) in [6, 6.07) is 23.6. The third kappa shape index (κ3) is 5.21. The van der Waals surface area contributed by atoms with E-state index >= 15 is 0 Å². The Balaban J connectivity index is 1.52. The molecule has 7 heteroatoms. The topological polar surface area (TPSA) is 88.1 Å². The Hall–Kier alpha value is -3.84. The maximum absolute atomic E-state index is 12.7. The predicted octanol–water partition coefficient (Wildman–Crippen LogP) is 4.46. The molecule has 0 radical (unpaired) electrons. The first-order valence-electron chi connectivity index (χ1n) is 11.4. The van der Waals surface area contributed by atoms with E-state index in [0.29, 0.717) is 30.2 Å². The van der Waals surface area contributed by atoms with Crippen LogP contribution in [0.5, 0.6) is 5.75 Å². The van der Waals surface area contributed by atoms with Crippen molar-refractivity contribution < 1.29 is 24.2 Å². The van der Waals surface area contributed by atoms with Crippen LogP contribution in [0.3, 0.4) is 0 Å². The third-order valence-corrected chi connectivity index (χ3v) is 5.67. The Bertz CT molecular complexity index is 1100. The van der Waals surface area contributed by atoms with Crippen molar-refractivity contribution in [1.82, 2.24) is 5.32 Å². The molecule has 1 saturated heterocycles. The van der Waals surface area contributed by atoms with Crippen LogP contribution < -0.4 is 15.0 Å². The predicted molar refractivity (Wildman–Crippen MR) is 129 cm³/mol. The molecule has 2 N–H and O–H groups in total. The average molecular weight is 461 g/mol. The number of aliphatic hydroxyl groups is 1. The van der Waals surface area contributed by atoms with E-state index in [4.69, 9.17) is 9.47 Å². The van der Waals surface area contributed by atoms with Crippen LogP contribution in [0.25, 0.3) is 0 Å². The van der Waals surface area contributed by atoms with Crippen molar-refractivity contribution in [2.75, 3.05) is 18.1 Å². The standard InChI is InChI=1S/C27H28N2O5/c1-2-16-28-26(31)21-8-12-22(13-9-21)29-25(24(17-30)34-27(29)32)20-10-14-23(15-11-20)33-18-19-6-4-3-5-7-19/h3-15,24-25,30H,2,16-18H2,1H3,(H,28,31). The maximum atomic E-state index is 12.7. The molecular formula is C27H28N2O5. The first kappa shape index (κ1) is 23.3. The Morgan fingerprint density at radius 2 is 1.74 bits per heavy atom. The summed E-state index contributed by atoms with van der Waals surface area (Å²) >= 11 is 0. The largest absolute Gasteiger partial charge is 0.489 e. The molecule has 1 aliphatic heterocycles. The Morgan fingerprint density at radius 3 is 2.38 bits per heavy atom. The van der Waals surface area contributed by atoms with Crippen molar-refractivity contribution in [2.45, 2.75) is 32.1 Å². The SMILES string of the molecule is CCCNC(=O)c1ccc(N2C(=O)OC(CO)C2c2ccc(OCc3ccccc3)cc2)cc1. The molecule has 2 amide bonds. The number of anilines is 1. The molecule has 3 aromatic carbocycles. The van der Waals surface area contributed by atoms with Crippen molar-refractivity contribution in [3.05, 3.63) is 95.6 Å². The highest BCUT2D eigenvalue weighted by molar-refractivity contribution is 5.96. The number of rotatable bonds is 9. The van der Waals surface area contributed by atoms with E-state index in [1.807, 2.05) is 61.5 Å². The van der Waals surface area contributed by atoms with Gasteiger partial charge in [0.1, 0.15) is 18.4 Å². The molecule has 0 aromatic heterocycles. The van der Waals surface area contributed by atoms with Crippen molar-refractivity contribution in [2.24, 2.45) is 0 Å². The lowest BCUT2D eigenvalue weighted by molar-refractivity contribution is 0.0829. The number of nitrogens with one attached hydrogen (secondary N) is 1. The fourth-order valence-corrected chi connectivity index (χ4v) is 3.91. The van der Waals surface area contributed by atoms with Gasteiger partial charge in [-0.1, -0.05) is 49.4 Å². The van der Waals surface area contributed by atoms with E-state index in [9.17, 15) is 14.7 Å². The van der Waals surface area contributed by atoms with Gasteiger partial charge in [-0.05, 0) is 53.9 Å². The minimum atomic E-state index is -0.712. The molecule has 1 heterocycles.